The molecule has 0 bridgehead atoms. The number of nitrogen functional groups attached to an aromatic ring is 1. The molecule has 1 aromatic carbocycles. The van der Waals surface area contributed by atoms with Gasteiger partial charge in [0.25, 0.3) is 10.1 Å². The van der Waals surface area contributed by atoms with E-state index in [0.29, 0.717) is 5.56 Å². The summed E-state index contributed by atoms with van der Waals surface area (Å²) in [6.07, 6.45) is 0. The molecule has 0 aliphatic heterocycles. The number of hydrogen-bond acceptors (Lipinski definition) is 5. The minimum absolute atomic E-state index is 0.0159. The summed E-state index contributed by atoms with van der Waals surface area (Å²) in [6.45, 7) is 1.19. The summed E-state index contributed by atoms with van der Waals surface area (Å²) in [7, 11) is -8.04. The lowest BCUT2D eigenvalue weighted by atomic mass is 10.2. The van der Waals surface area contributed by atoms with E-state index in [4.69, 9.17) is 10.3 Å². The van der Waals surface area contributed by atoms with E-state index in [2.05, 4.69) is 4.72 Å². The third-order valence-electron chi connectivity index (χ3n) is 2.15. The van der Waals surface area contributed by atoms with Crippen molar-refractivity contribution >= 4 is 25.8 Å². The smallest absolute Gasteiger partial charge is 0.266 e. The van der Waals surface area contributed by atoms with Crippen molar-refractivity contribution in [1.29, 1.82) is 0 Å². The number of hydrogen-bond donors (Lipinski definition) is 3. The van der Waals surface area contributed by atoms with Crippen molar-refractivity contribution in [3.05, 3.63) is 23.8 Å². The second kappa shape index (κ2) is 5.22. The number of aryl methyl sites for hydroxylation is 1. The van der Waals surface area contributed by atoms with Crippen LogP contribution in [0.5, 0.6) is 0 Å². The Morgan fingerprint density at radius 1 is 1.28 bits per heavy atom. The second-order valence-corrected chi connectivity index (χ2v) is 7.02. The van der Waals surface area contributed by atoms with Crippen LogP contribution in [0, 0.1) is 6.92 Å². The van der Waals surface area contributed by atoms with Gasteiger partial charge < -0.3 is 5.73 Å². The maximum Gasteiger partial charge on any atom is 0.266 e. The van der Waals surface area contributed by atoms with Gasteiger partial charge in [0.05, 0.1) is 10.6 Å². The van der Waals surface area contributed by atoms with Gasteiger partial charge in [0.15, 0.2) is 0 Å². The number of rotatable bonds is 5. The zero-order valence-corrected chi connectivity index (χ0v) is 11.3. The van der Waals surface area contributed by atoms with Gasteiger partial charge in [-0.15, -0.1) is 0 Å². The van der Waals surface area contributed by atoms with Gasteiger partial charge in [0, 0.05) is 12.2 Å². The van der Waals surface area contributed by atoms with Crippen molar-refractivity contribution < 1.29 is 21.4 Å². The van der Waals surface area contributed by atoms with Crippen LogP contribution in [-0.2, 0) is 20.1 Å². The Hall–Kier alpha value is -1.16. The maximum absolute atomic E-state index is 11.8. The molecule has 0 radical (unpaired) electrons. The van der Waals surface area contributed by atoms with E-state index >= 15 is 0 Å². The third-order valence-corrected chi connectivity index (χ3v) is 4.48. The SMILES string of the molecule is Cc1ccc(N)cc1S(=O)(=O)NCCS(=O)(=O)O. The topological polar surface area (TPSA) is 127 Å². The molecule has 0 aromatic heterocycles. The molecule has 0 heterocycles. The van der Waals surface area contributed by atoms with Crippen molar-refractivity contribution in [3.8, 4) is 0 Å². The lowest BCUT2D eigenvalue weighted by Crippen LogP contribution is -2.29. The predicted octanol–water partition coefficient (Wildman–Crippen LogP) is -0.257. The normalized spacial score (nSPS) is 12.6. The molecule has 4 N–H and O–H groups in total. The highest BCUT2D eigenvalue weighted by atomic mass is 32.2. The fourth-order valence-electron chi connectivity index (χ4n) is 1.29. The average Bonchev–Trinajstić information content (AvgIpc) is 2.19. The van der Waals surface area contributed by atoms with Gasteiger partial charge >= 0.3 is 0 Å². The standard InChI is InChI=1S/C9H14N2O5S2/c1-7-2-3-8(10)6-9(7)18(15,16)11-4-5-17(12,13)14/h2-3,6,11H,4-5,10H2,1H3,(H,12,13,14). The molecule has 1 rings (SSSR count). The van der Waals surface area contributed by atoms with Gasteiger partial charge in [-0.1, -0.05) is 6.07 Å². The van der Waals surface area contributed by atoms with Crippen LogP contribution < -0.4 is 10.5 Å². The van der Waals surface area contributed by atoms with Gasteiger partial charge in [-0.25, -0.2) is 13.1 Å². The molecule has 0 saturated heterocycles. The molecule has 0 fully saturated rings. The Morgan fingerprint density at radius 2 is 1.89 bits per heavy atom. The van der Waals surface area contributed by atoms with Crippen molar-refractivity contribution in [2.75, 3.05) is 18.0 Å². The Bertz CT molecular complexity index is 637. The number of anilines is 1. The highest BCUT2D eigenvalue weighted by molar-refractivity contribution is 7.89. The van der Waals surface area contributed by atoms with Crippen LogP contribution in [-0.4, -0.2) is 33.7 Å². The average molecular weight is 294 g/mol. The van der Waals surface area contributed by atoms with E-state index in [1.54, 1.807) is 19.1 Å². The number of nitrogens with one attached hydrogen (secondary N) is 1. The van der Waals surface area contributed by atoms with E-state index in [9.17, 15) is 16.8 Å². The Kier molecular flexibility index (Phi) is 4.32. The summed E-state index contributed by atoms with van der Waals surface area (Å²) in [5.41, 5.74) is 6.27. The highest BCUT2D eigenvalue weighted by Crippen LogP contribution is 2.17. The highest BCUT2D eigenvalue weighted by Gasteiger charge is 2.17. The van der Waals surface area contributed by atoms with Crippen molar-refractivity contribution in [1.82, 2.24) is 4.72 Å². The largest absolute Gasteiger partial charge is 0.399 e. The minimum Gasteiger partial charge on any atom is -0.399 e. The van der Waals surface area contributed by atoms with Gasteiger partial charge in [-0.05, 0) is 24.6 Å². The van der Waals surface area contributed by atoms with Gasteiger partial charge in [-0.2, -0.15) is 8.42 Å². The van der Waals surface area contributed by atoms with Crippen LogP contribution in [0.15, 0.2) is 23.1 Å². The maximum atomic E-state index is 11.8. The molecule has 0 saturated carbocycles. The molecule has 102 valence electrons. The number of benzene rings is 1. The third kappa shape index (κ3) is 4.26. The second-order valence-electron chi connectivity index (χ2n) is 3.71. The lowest BCUT2D eigenvalue weighted by molar-refractivity contribution is 0.482. The molecule has 0 aliphatic rings. The van der Waals surface area contributed by atoms with Gasteiger partial charge in [-0.3, -0.25) is 4.55 Å². The molecule has 0 amide bonds. The monoisotopic (exact) mass is 294 g/mol. The molecule has 0 unspecified atom stereocenters. The van der Waals surface area contributed by atoms with Crippen molar-refractivity contribution in [2.45, 2.75) is 11.8 Å². The Labute approximate surface area is 106 Å². The molecule has 0 aliphatic carbocycles. The summed E-state index contributed by atoms with van der Waals surface area (Å²) < 4.78 is 55.2. The molecule has 18 heavy (non-hydrogen) atoms. The van der Waals surface area contributed by atoms with E-state index in [0.717, 1.165) is 0 Å². The van der Waals surface area contributed by atoms with E-state index in [1.165, 1.54) is 6.07 Å². The molecular weight excluding hydrogens is 280 g/mol. The number of nitrogens with two attached hydrogens (primary N) is 1. The van der Waals surface area contributed by atoms with Crippen LogP contribution >= 0.6 is 0 Å². The fraction of sp³-hybridized carbons (Fsp3) is 0.333. The summed E-state index contributed by atoms with van der Waals surface area (Å²) in [6, 6.07) is 4.39. The van der Waals surface area contributed by atoms with E-state index in [1.807, 2.05) is 0 Å². The zero-order chi connectivity index (χ0) is 14.0. The van der Waals surface area contributed by atoms with Crippen LogP contribution in [0.1, 0.15) is 5.56 Å². The molecule has 7 nitrogen and oxygen atoms in total. The lowest BCUT2D eigenvalue weighted by Gasteiger charge is -2.09. The summed E-state index contributed by atoms with van der Waals surface area (Å²) in [5.74, 6) is -0.687. The minimum atomic E-state index is -4.20. The Balaban J connectivity index is 2.90. The van der Waals surface area contributed by atoms with Gasteiger partial charge in [0.2, 0.25) is 10.0 Å². The van der Waals surface area contributed by atoms with Crippen LogP contribution in [0.25, 0.3) is 0 Å². The summed E-state index contributed by atoms with van der Waals surface area (Å²) in [4.78, 5) is -0.0159. The zero-order valence-electron chi connectivity index (χ0n) is 9.62. The van der Waals surface area contributed by atoms with Crippen molar-refractivity contribution in [2.24, 2.45) is 0 Å². The predicted molar refractivity (Wildman–Crippen MR) is 67.2 cm³/mol. The molecule has 0 spiro atoms. The van der Waals surface area contributed by atoms with Crippen LogP contribution in [0.4, 0.5) is 5.69 Å². The van der Waals surface area contributed by atoms with Gasteiger partial charge in [0.1, 0.15) is 0 Å². The first-order valence-electron chi connectivity index (χ1n) is 4.93. The number of sulfonamides is 1. The van der Waals surface area contributed by atoms with Crippen molar-refractivity contribution in [3.63, 3.8) is 0 Å². The molecular formula is C9H14N2O5S2. The molecule has 0 atom stereocenters. The Morgan fingerprint density at radius 3 is 2.44 bits per heavy atom. The molecule has 9 heteroatoms. The van der Waals surface area contributed by atoms with E-state index in [-0.39, 0.29) is 10.6 Å². The first kappa shape index (κ1) is 14.9. The summed E-state index contributed by atoms with van der Waals surface area (Å²) in [5, 5.41) is 0. The van der Waals surface area contributed by atoms with Crippen LogP contribution in [0.2, 0.25) is 0 Å². The van der Waals surface area contributed by atoms with E-state index < -0.39 is 32.4 Å². The molecule has 1 aromatic rings. The first-order chi connectivity index (χ1) is 8.12. The first-order valence-corrected chi connectivity index (χ1v) is 8.02. The quantitative estimate of drug-likeness (QED) is 0.507. The summed E-state index contributed by atoms with van der Waals surface area (Å²) >= 11 is 0. The fourth-order valence-corrected chi connectivity index (χ4v) is 3.09. The van der Waals surface area contributed by atoms with Crippen LogP contribution in [0.3, 0.4) is 0 Å².